The molecule has 0 unspecified atom stereocenters. The molecule has 10 heavy (non-hydrogen) atoms. The van der Waals surface area contributed by atoms with Crippen LogP contribution in [0.4, 0.5) is 0 Å². The molecule has 0 aromatic heterocycles. The topological polar surface area (TPSA) is 46.2 Å². The molecule has 0 amide bonds. The summed E-state index contributed by atoms with van der Waals surface area (Å²) < 4.78 is 0. The quantitative estimate of drug-likeness (QED) is 0.622. The van der Waals surface area contributed by atoms with Crippen molar-refractivity contribution in [2.24, 2.45) is 11.7 Å². The minimum atomic E-state index is 0.204. The van der Waals surface area contributed by atoms with Gasteiger partial charge < -0.3 is 10.8 Å². The van der Waals surface area contributed by atoms with Crippen molar-refractivity contribution in [2.45, 2.75) is 26.7 Å². The summed E-state index contributed by atoms with van der Waals surface area (Å²) in [5, 5.41) is 8.58. The number of nitrogens with two attached hydrogens (primary N) is 1. The second-order valence-electron chi connectivity index (χ2n) is 2.90. The zero-order valence-electron chi connectivity index (χ0n) is 6.80. The molecule has 0 aromatic carbocycles. The first-order valence-corrected chi connectivity index (χ1v) is 3.71. The summed E-state index contributed by atoms with van der Waals surface area (Å²) in [6.45, 7) is 4.48. The van der Waals surface area contributed by atoms with Gasteiger partial charge in [0, 0.05) is 6.61 Å². The monoisotopic (exact) mass is 143 g/mol. The van der Waals surface area contributed by atoms with E-state index in [9.17, 15) is 0 Å². The smallest absolute Gasteiger partial charge is 0.0468 e. The standard InChI is InChI=1S/C8H17NO/c1-7(2)5-8(6-9)3-4-10/h6-7,10H,3-5,9H2,1-2H3/b8-6+. The Balaban J connectivity index is 3.62. The van der Waals surface area contributed by atoms with Crippen LogP contribution in [0, 0.1) is 5.92 Å². The van der Waals surface area contributed by atoms with Gasteiger partial charge in [0.1, 0.15) is 0 Å². The number of hydrogen-bond acceptors (Lipinski definition) is 2. The highest BCUT2D eigenvalue weighted by atomic mass is 16.2. The van der Waals surface area contributed by atoms with E-state index >= 15 is 0 Å². The second kappa shape index (κ2) is 5.30. The highest BCUT2D eigenvalue weighted by Crippen LogP contribution is 2.11. The lowest BCUT2D eigenvalue weighted by molar-refractivity contribution is 0.296. The summed E-state index contributed by atoms with van der Waals surface area (Å²) in [7, 11) is 0. The third kappa shape index (κ3) is 4.39. The van der Waals surface area contributed by atoms with Crippen LogP contribution < -0.4 is 5.73 Å². The SMILES string of the molecule is CC(C)C/C(=C/N)CCO. The summed E-state index contributed by atoms with van der Waals surface area (Å²) in [6.07, 6.45) is 3.32. The van der Waals surface area contributed by atoms with Gasteiger partial charge in [-0.15, -0.1) is 0 Å². The van der Waals surface area contributed by atoms with E-state index in [1.54, 1.807) is 6.20 Å². The molecule has 0 spiro atoms. The molecule has 0 heterocycles. The van der Waals surface area contributed by atoms with Crippen LogP contribution >= 0.6 is 0 Å². The van der Waals surface area contributed by atoms with Crippen LogP contribution in [0.2, 0.25) is 0 Å². The van der Waals surface area contributed by atoms with E-state index in [-0.39, 0.29) is 6.61 Å². The van der Waals surface area contributed by atoms with Gasteiger partial charge in [0.05, 0.1) is 0 Å². The van der Waals surface area contributed by atoms with E-state index in [0.717, 1.165) is 12.0 Å². The minimum absolute atomic E-state index is 0.204. The Morgan fingerprint density at radius 2 is 2.20 bits per heavy atom. The molecule has 0 aliphatic rings. The number of aliphatic hydroxyl groups is 1. The lowest BCUT2D eigenvalue weighted by atomic mass is 10.0. The number of aliphatic hydroxyl groups excluding tert-OH is 1. The van der Waals surface area contributed by atoms with Gasteiger partial charge in [-0.05, 0) is 25.0 Å². The zero-order valence-corrected chi connectivity index (χ0v) is 6.80. The van der Waals surface area contributed by atoms with E-state index in [4.69, 9.17) is 10.8 Å². The van der Waals surface area contributed by atoms with Crippen LogP contribution in [0.5, 0.6) is 0 Å². The number of hydrogen-bond donors (Lipinski definition) is 2. The summed E-state index contributed by atoms with van der Waals surface area (Å²) >= 11 is 0. The molecule has 0 aromatic rings. The van der Waals surface area contributed by atoms with Crippen LogP contribution in [-0.2, 0) is 0 Å². The highest BCUT2D eigenvalue weighted by Gasteiger charge is 1.98. The first-order valence-electron chi connectivity index (χ1n) is 3.71. The molecular weight excluding hydrogens is 126 g/mol. The van der Waals surface area contributed by atoms with E-state index in [0.29, 0.717) is 12.3 Å². The van der Waals surface area contributed by atoms with Crippen LogP contribution in [0.3, 0.4) is 0 Å². The Bertz CT molecular complexity index is 108. The van der Waals surface area contributed by atoms with Gasteiger partial charge in [0.15, 0.2) is 0 Å². The van der Waals surface area contributed by atoms with E-state index in [2.05, 4.69) is 13.8 Å². The van der Waals surface area contributed by atoms with Gasteiger partial charge >= 0.3 is 0 Å². The molecule has 0 aliphatic carbocycles. The Morgan fingerprint density at radius 3 is 2.50 bits per heavy atom. The second-order valence-corrected chi connectivity index (χ2v) is 2.90. The van der Waals surface area contributed by atoms with Crippen molar-refractivity contribution in [3.63, 3.8) is 0 Å². The van der Waals surface area contributed by atoms with E-state index in [1.807, 2.05) is 0 Å². The molecule has 60 valence electrons. The van der Waals surface area contributed by atoms with Gasteiger partial charge in [-0.2, -0.15) is 0 Å². The molecule has 3 N–H and O–H groups in total. The van der Waals surface area contributed by atoms with Gasteiger partial charge in [-0.3, -0.25) is 0 Å². The van der Waals surface area contributed by atoms with E-state index in [1.165, 1.54) is 0 Å². The first-order chi connectivity index (χ1) is 4.70. The molecule has 0 saturated carbocycles. The predicted molar refractivity (Wildman–Crippen MR) is 43.4 cm³/mol. The third-order valence-corrected chi connectivity index (χ3v) is 1.34. The molecule has 0 rings (SSSR count). The largest absolute Gasteiger partial charge is 0.405 e. The fraction of sp³-hybridized carbons (Fsp3) is 0.750. The molecule has 0 radical (unpaired) electrons. The van der Waals surface area contributed by atoms with Crippen LogP contribution in [-0.4, -0.2) is 11.7 Å². The van der Waals surface area contributed by atoms with Crippen molar-refractivity contribution in [3.8, 4) is 0 Å². The normalized spacial score (nSPS) is 12.6. The molecule has 2 heteroatoms. The van der Waals surface area contributed by atoms with E-state index < -0.39 is 0 Å². The fourth-order valence-corrected chi connectivity index (χ4v) is 0.921. The van der Waals surface area contributed by atoms with Crippen molar-refractivity contribution < 1.29 is 5.11 Å². The van der Waals surface area contributed by atoms with Crippen molar-refractivity contribution in [1.82, 2.24) is 0 Å². The number of rotatable bonds is 4. The van der Waals surface area contributed by atoms with Gasteiger partial charge in [-0.25, -0.2) is 0 Å². The molecule has 2 nitrogen and oxygen atoms in total. The van der Waals surface area contributed by atoms with Crippen molar-refractivity contribution in [1.29, 1.82) is 0 Å². The maximum absolute atomic E-state index is 8.58. The first kappa shape index (κ1) is 9.50. The van der Waals surface area contributed by atoms with Crippen molar-refractivity contribution in [2.75, 3.05) is 6.61 Å². The molecule has 0 saturated heterocycles. The zero-order chi connectivity index (χ0) is 7.98. The van der Waals surface area contributed by atoms with Crippen molar-refractivity contribution >= 4 is 0 Å². The Morgan fingerprint density at radius 1 is 1.60 bits per heavy atom. The lowest BCUT2D eigenvalue weighted by Gasteiger charge is -2.06. The molecule has 0 bridgehead atoms. The summed E-state index contributed by atoms with van der Waals surface area (Å²) in [6, 6.07) is 0. The summed E-state index contributed by atoms with van der Waals surface area (Å²) in [5.41, 5.74) is 6.48. The Hall–Kier alpha value is -0.500. The molecular formula is C8H17NO. The van der Waals surface area contributed by atoms with Crippen LogP contribution in [0.25, 0.3) is 0 Å². The summed E-state index contributed by atoms with van der Waals surface area (Å²) in [5.74, 6) is 0.626. The predicted octanol–water partition coefficient (Wildman–Crippen LogP) is 1.26. The lowest BCUT2D eigenvalue weighted by Crippen LogP contribution is -1.97. The van der Waals surface area contributed by atoms with Crippen LogP contribution in [0.15, 0.2) is 11.8 Å². The maximum Gasteiger partial charge on any atom is 0.0468 e. The Labute approximate surface area is 62.7 Å². The third-order valence-electron chi connectivity index (χ3n) is 1.34. The maximum atomic E-state index is 8.58. The minimum Gasteiger partial charge on any atom is -0.405 e. The molecule has 0 atom stereocenters. The highest BCUT2D eigenvalue weighted by molar-refractivity contribution is 4.99. The van der Waals surface area contributed by atoms with Gasteiger partial charge in [-0.1, -0.05) is 19.4 Å². The Kier molecular flexibility index (Phi) is 5.03. The van der Waals surface area contributed by atoms with Crippen LogP contribution in [0.1, 0.15) is 26.7 Å². The fourth-order valence-electron chi connectivity index (χ4n) is 0.921. The molecule has 0 aliphatic heterocycles. The average Bonchev–Trinajstić information content (AvgIpc) is 1.86. The molecule has 0 fully saturated rings. The average molecular weight is 143 g/mol. The van der Waals surface area contributed by atoms with Gasteiger partial charge in [0.2, 0.25) is 0 Å². The summed E-state index contributed by atoms with van der Waals surface area (Å²) in [4.78, 5) is 0. The van der Waals surface area contributed by atoms with Crippen molar-refractivity contribution in [3.05, 3.63) is 11.8 Å². The van der Waals surface area contributed by atoms with Gasteiger partial charge in [0.25, 0.3) is 0 Å².